The molecule has 2 aromatic rings. The van der Waals surface area contributed by atoms with E-state index >= 15 is 0 Å². The Morgan fingerprint density at radius 1 is 1.00 bits per heavy atom. The summed E-state index contributed by atoms with van der Waals surface area (Å²) in [7, 11) is 7.43. The molecular weight excluding hydrogens is 402 g/mol. The summed E-state index contributed by atoms with van der Waals surface area (Å²) in [5.74, 6) is 2.06. The van der Waals surface area contributed by atoms with E-state index in [-0.39, 0.29) is 5.91 Å². The maximum atomic E-state index is 13.5. The monoisotopic (exact) mass is 439 g/mol. The molecule has 1 amide bonds. The number of likely N-dealkylation sites (N-methyl/N-ethyl adjacent to an activating group) is 1. The Kier molecular flexibility index (Phi) is 8.94. The van der Waals surface area contributed by atoms with Crippen molar-refractivity contribution in [3.05, 3.63) is 59.7 Å². The number of piperidine rings is 1. The molecule has 0 spiro atoms. The van der Waals surface area contributed by atoms with Crippen LogP contribution in [0.15, 0.2) is 48.5 Å². The molecular formula is C26H37N3O3. The van der Waals surface area contributed by atoms with Crippen molar-refractivity contribution in [3.8, 4) is 11.5 Å². The van der Waals surface area contributed by atoms with E-state index in [0.717, 1.165) is 51.3 Å². The first-order valence-electron chi connectivity index (χ1n) is 11.4. The van der Waals surface area contributed by atoms with Crippen LogP contribution in [-0.2, 0) is 6.54 Å². The summed E-state index contributed by atoms with van der Waals surface area (Å²) in [6.07, 6.45) is 2.28. The zero-order valence-corrected chi connectivity index (χ0v) is 19.9. The van der Waals surface area contributed by atoms with Crippen LogP contribution >= 0.6 is 0 Å². The van der Waals surface area contributed by atoms with E-state index in [9.17, 15) is 4.79 Å². The highest BCUT2D eigenvalue weighted by molar-refractivity contribution is 5.97. The van der Waals surface area contributed by atoms with Crippen LogP contribution in [0.5, 0.6) is 11.5 Å². The van der Waals surface area contributed by atoms with E-state index < -0.39 is 0 Å². The summed E-state index contributed by atoms with van der Waals surface area (Å²) in [4.78, 5) is 20.1. The molecule has 1 aliphatic rings. The minimum Gasteiger partial charge on any atom is -0.496 e. The van der Waals surface area contributed by atoms with Gasteiger partial charge >= 0.3 is 0 Å². The molecule has 0 aromatic heterocycles. The number of ether oxygens (including phenoxy) is 2. The van der Waals surface area contributed by atoms with E-state index in [2.05, 4.69) is 21.9 Å². The quantitative estimate of drug-likeness (QED) is 0.566. The molecule has 1 saturated heterocycles. The van der Waals surface area contributed by atoms with E-state index in [1.165, 1.54) is 5.56 Å². The fraction of sp³-hybridized carbons (Fsp3) is 0.500. The fourth-order valence-corrected chi connectivity index (χ4v) is 4.42. The van der Waals surface area contributed by atoms with Gasteiger partial charge in [-0.3, -0.25) is 9.69 Å². The summed E-state index contributed by atoms with van der Waals surface area (Å²) >= 11 is 0. The topological polar surface area (TPSA) is 45.2 Å². The van der Waals surface area contributed by atoms with Gasteiger partial charge in [-0.15, -0.1) is 0 Å². The Morgan fingerprint density at radius 3 is 2.41 bits per heavy atom. The zero-order valence-electron chi connectivity index (χ0n) is 19.9. The lowest BCUT2D eigenvalue weighted by Gasteiger charge is -2.36. The third-order valence-corrected chi connectivity index (χ3v) is 6.11. The summed E-state index contributed by atoms with van der Waals surface area (Å²) in [5.41, 5.74) is 1.85. The van der Waals surface area contributed by atoms with Crippen LogP contribution in [0.4, 0.5) is 0 Å². The summed E-state index contributed by atoms with van der Waals surface area (Å²) in [5, 5.41) is 0. The van der Waals surface area contributed by atoms with Crippen molar-refractivity contribution < 1.29 is 14.3 Å². The Hall–Kier alpha value is -2.57. The highest BCUT2D eigenvalue weighted by Gasteiger charge is 2.26. The van der Waals surface area contributed by atoms with Crippen LogP contribution in [0.3, 0.4) is 0 Å². The molecule has 1 fully saturated rings. The van der Waals surface area contributed by atoms with Gasteiger partial charge in [-0.1, -0.05) is 30.3 Å². The summed E-state index contributed by atoms with van der Waals surface area (Å²) in [6, 6.07) is 15.7. The first kappa shape index (κ1) is 24.1. The normalized spacial score (nSPS) is 16.7. The predicted molar refractivity (Wildman–Crippen MR) is 128 cm³/mol. The number of rotatable bonds is 10. The third kappa shape index (κ3) is 6.47. The van der Waals surface area contributed by atoms with E-state index in [1.807, 2.05) is 55.4 Å². The molecule has 2 aromatic carbocycles. The molecule has 174 valence electrons. The maximum absolute atomic E-state index is 13.5. The molecule has 0 saturated carbocycles. The standard InChI is InChI=1S/C26H37N3O3/c1-27(2)16-17-29(26(30)23-12-6-8-14-25(23)32-4)19-21-10-9-15-28(18-21)20-22-11-5-7-13-24(22)31-3/h5-8,11-14,21H,9-10,15-20H2,1-4H3. The number of likely N-dealkylation sites (tertiary alicyclic amines) is 1. The lowest BCUT2D eigenvalue weighted by atomic mass is 9.96. The van der Waals surface area contributed by atoms with Crippen LogP contribution in [0, 0.1) is 5.92 Å². The lowest BCUT2D eigenvalue weighted by molar-refractivity contribution is 0.0657. The van der Waals surface area contributed by atoms with Gasteiger partial charge in [-0.25, -0.2) is 0 Å². The van der Waals surface area contributed by atoms with Crippen molar-refractivity contribution in [3.63, 3.8) is 0 Å². The van der Waals surface area contributed by atoms with Crippen molar-refractivity contribution in [1.29, 1.82) is 0 Å². The van der Waals surface area contributed by atoms with E-state index in [1.54, 1.807) is 14.2 Å². The van der Waals surface area contributed by atoms with Gasteiger partial charge in [0.1, 0.15) is 11.5 Å². The zero-order chi connectivity index (χ0) is 22.9. The number of nitrogens with zero attached hydrogens (tertiary/aromatic N) is 3. The van der Waals surface area contributed by atoms with Crippen molar-refractivity contribution in [2.24, 2.45) is 5.92 Å². The van der Waals surface area contributed by atoms with Crippen molar-refractivity contribution in [2.45, 2.75) is 19.4 Å². The highest BCUT2D eigenvalue weighted by Crippen LogP contribution is 2.25. The Morgan fingerprint density at radius 2 is 1.69 bits per heavy atom. The molecule has 0 radical (unpaired) electrons. The molecule has 1 heterocycles. The third-order valence-electron chi connectivity index (χ3n) is 6.11. The fourth-order valence-electron chi connectivity index (χ4n) is 4.42. The minimum absolute atomic E-state index is 0.0474. The van der Waals surface area contributed by atoms with Gasteiger partial charge in [0.25, 0.3) is 5.91 Å². The Bertz CT molecular complexity index is 871. The maximum Gasteiger partial charge on any atom is 0.257 e. The van der Waals surface area contributed by atoms with E-state index in [0.29, 0.717) is 23.8 Å². The predicted octanol–water partition coefficient (Wildman–Crippen LogP) is 3.62. The molecule has 0 N–H and O–H groups in total. The van der Waals surface area contributed by atoms with Crippen LogP contribution in [0.2, 0.25) is 0 Å². The average molecular weight is 440 g/mol. The van der Waals surface area contributed by atoms with Gasteiger partial charge in [-0.2, -0.15) is 0 Å². The van der Waals surface area contributed by atoms with Gasteiger partial charge in [0.2, 0.25) is 0 Å². The number of amides is 1. The first-order chi connectivity index (χ1) is 15.5. The molecule has 1 unspecified atom stereocenters. The number of hydrogen-bond donors (Lipinski definition) is 0. The van der Waals surface area contributed by atoms with Crippen LogP contribution in [-0.4, -0.2) is 81.6 Å². The van der Waals surface area contributed by atoms with Gasteiger partial charge in [-0.05, 0) is 57.6 Å². The highest BCUT2D eigenvalue weighted by atomic mass is 16.5. The molecule has 6 heteroatoms. The SMILES string of the molecule is COc1ccccc1CN1CCCC(CN(CCN(C)C)C(=O)c2ccccc2OC)C1. The molecule has 32 heavy (non-hydrogen) atoms. The van der Waals surface area contributed by atoms with Crippen LogP contribution in [0.25, 0.3) is 0 Å². The minimum atomic E-state index is 0.0474. The average Bonchev–Trinajstić information content (AvgIpc) is 2.81. The lowest BCUT2D eigenvalue weighted by Crippen LogP contribution is -2.44. The van der Waals surface area contributed by atoms with Gasteiger partial charge in [0, 0.05) is 38.3 Å². The molecule has 6 nitrogen and oxygen atoms in total. The van der Waals surface area contributed by atoms with Crippen molar-refractivity contribution in [2.75, 3.05) is 61.0 Å². The Labute approximate surface area is 192 Å². The molecule has 1 aliphatic heterocycles. The van der Waals surface area contributed by atoms with Crippen molar-refractivity contribution in [1.82, 2.24) is 14.7 Å². The van der Waals surface area contributed by atoms with Crippen LogP contribution < -0.4 is 9.47 Å². The number of hydrogen-bond acceptors (Lipinski definition) is 5. The summed E-state index contributed by atoms with van der Waals surface area (Å²) in [6.45, 7) is 5.22. The number of benzene rings is 2. The number of carbonyl (C=O) groups is 1. The summed E-state index contributed by atoms with van der Waals surface area (Å²) < 4.78 is 11.0. The Balaban J connectivity index is 1.70. The molecule has 1 atom stereocenters. The molecule has 0 bridgehead atoms. The number of methoxy groups -OCH3 is 2. The van der Waals surface area contributed by atoms with Crippen molar-refractivity contribution >= 4 is 5.91 Å². The second-order valence-electron chi connectivity index (χ2n) is 8.81. The molecule has 0 aliphatic carbocycles. The second kappa shape index (κ2) is 11.9. The van der Waals surface area contributed by atoms with Gasteiger partial charge < -0.3 is 19.3 Å². The van der Waals surface area contributed by atoms with Gasteiger partial charge in [0.15, 0.2) is 0 Å². The van der Waals surface area contributed by atoms with E-state index in [4.69, 9.17) is 9.47 Å². The number of carbonyl (C=O) groups excluding carboxylic acids is 1. The number of para-hydroxylation sites is 2. The largest absolute Gasteiger partial charge is 0.496 e. The smallest absolute Gasteiger partial charge is 0.257 e. The van der Waals surface area contributed by atoms with Crippen LogP contribution in [0.1, 0.15) is 28.8 Å². The first-order valence-corrected chi connectivity index (χ1v) is 11.4. The second-order valence-corrected chi connectivity index (χ2v) is 8.81. The van der Waals surface area contributed by atoms with Gasteiger partial charge in [0.05, 0.1) is 19.8 Å². The molecule has 3 rings (SSSR count).